The molecule has 0 spiro atoms. The summed E-state index contributed by atoms with van der Waals surface area (Å²) in [7, 11) is 1.69. The molecular weight excluding hydrogens is 210 g/mol. The van der Waals surface area contributed by atoms with Crippen LogP contribution in [0.5, 0.6) is 0 Å². The summed E-state index contributed by atoms with van der Waals surface area (Å²) in [5, 5.41) is 0. The molecule has 0 aliphatic rings. The van der Waals surface area contributed by atoms with Gasteiger partial charge in [0.15, 0.2) is 0 Å². The Kier molecular flexibility index (Phi) is 17.3. The van der Waals surface area contributed by atoms with Crippen LogP contribution in [-0.2, 0) is 11.4 Å². The van der Waals surface area contributed by atoms with Gasteiger partial charge in [-0.25, -0.2) is 0 Å². The van der Waals surface area contributed by atoms with E-state index in [-0.39, 0.29) is 0 Å². The molecule has 0 heterocycles. The lowest BCUT2D eigenvalue weighted by Gasteiger charge is -2.13. The molecular formula is C9H24Al2O3. The van der Waals surface area contributed by atoms with Crippen LogP contribution in [0.25, 0.3) is 0 Å². The van der Waals surface area contributed by atoms with Gasteiger partial charge in [-0.1, -0.05) is 13.8 Å². The second kappa shape index (κ2) is 13.9. The van der Waals surface area contributed by atoms with Crippen LogP contribution < -0.4 is 0 Å². The Balaban J connectivity index is 0. The zero-order valence-corrected chi connectivity index (χ0v) is 13.9. The Hall–Kier alpha value is 0.945. The molecule has 0 aromatic heterocycles. The third kappa shape index (κ3) is 15.4. The molecule has 0 radical (unpaired) electrons. The summed E-state index contributed by atoms with van der Waals surface area (Å²) in [6.07, 6.45) is 2.92. The Morgan fingerprint density at radius 2 is 1.36 bits per heavy atom. The highest BCUT2D eigenvalue weighted by Gasteiger charge is 2.05. The van der Waals surface area contributed by atoms with Gasteiger partial charge in [-0.15, -0.1) is 0 Å². The summed E-state index contributed by atoms with van der Waals surface area (Å²) in [6, 6.07) is 0. The smallest absolute Gasteiger partial charge is 0.508 e. The van der Waals surface area contributed by atoms with Gasteiger partial charge in [0.25, 0.3) is 0 Å². The van der Waals surface area contributed by atoms with E-state index in [2.05, 4.69) is 31.5 Å². The first-order valence-corrected chi connectivity index (χ1v) is 7.22. The van der Waals surface area contributed by atoms with Crippen molar-refractivity contribution in [3.63, 3.8) is 0 Å². The second-order valence-electron chi connectivity index (χ2n) is 3.30. The van der Waals surface area contributed by atoms with Gasteiger partial charge in [0.05, 0.1) is 0 Å². The van der Waals surface area contributed by atoms with Crippen LogP contribution in [0.2, 0.25) is 0 Å². The monoisotopic (exact) mass is 234 g/mol. The van der Waals surface area contributed by atoms with Crippen molar-refractivity contribution >= 4 is 32.5 Å². The fourth-order valence-electron chi connectivity index (χ4n) is 0.507. The van der Waals surface area contributed by atoms with Crippen molar-refractivity contribution in [2.45, 2.75) is 52.7 Å². The van der Waals surface area contributed by atoms with Gasteiger partial charge >= 0.3 is 32.5 Å². The summed E-state index contributed by atoms with van der Waals surface area (Å²) in [6.45, 7) is 8.44. The van der Waals surface area contributed by atoms with Crippen molar-refractivity contribution in [1.29, 1.82) is 0 Å². The SMILES string of the molecule is CCC(C)[O][AlH][O]C(C)CC.C[O][AlH2]. The molecule has 0 aliphatic carbocycles. The Labute approximate surface area is 104 Å². The molecule has 0 saturated heterocycles. The molecule has 0 bridgehead atoms. The van der Waals surface area contributed by atoms with E-state index >= 15 is 0 Å². The number of hydrogen-bond donors (Lipinski definition) is 0. The largest absolute Gasteiger partial charge is 0.650 e. The predicted molar refractivity (Wildman–Crippen MR) is 64.4 cm³/mol. The minimum atomic E-state index is -0.706. The highest BCUT2D eigenvalue weighted by molar-refractivity contribution is 6.18. The summed E-state index contributed by atoms with van der Waals surface area (Å²) >= 11 is 0.163. The quantitative estimate of drug-likeness (QED) is 0.643. The lowest BCUT2D eigenvalue weighted by Crippen LogP contribution is -2.17. The standard InChI is InChI=1S/2C4H9O.CH3O.2Al.3H/c2*1-3-4(2)5;1-2;;;;;/h2*4H,3H2,1-2H3;1H3;;;;;/q3*-1;+1;+2;;;. The van der Waals surface area contributed by atoms with E-state index in [1.165, 1.54) is 0 Å². The van der Waals surface area contributed by atoms with Gasteiger partial charge in [0, 0.05) is 19.3 Å². The fourth-order valence-corrected chi connectivity index (χ4v) is 1.52. The molecule has 0 aromatic rings. The van der Waals surface area contributed by atoms with Crippen molar-refractivity contribution in [3.8, 4) is 0 Å². The molecule has 0 saturated carbocycles. The van der Waals surface area contributed by atoms with Gasteiger partial charge in [-0.3, -0.25) is 0 Å². The summed E-state index contributed by atoms with van der Waals surface area (Å²) < 4.78 is 15.3. The molecule has 84 valence electrons. The predicted octanol–water partition coefficient (Wildman–Crippen LogP) is 1.06. The molecule has 5 heteroatoms. The first kappa shape index (κ1) is 17.3. The molecule has 0 N–H and O–H groups in total. The van der Waals surface area contributed by atoms with Crippen LogP contribution in [-0.4, -0.2) is 51.8 Å². The van der Waals surface area contributed by atoms with Crippen molar-refractivity contribution in [3.05, 3.63) is 0 Å². The van der Waals surface area contributed by atoms with Gasteiger partial charge in [-0.05, 0) is 26.7 Å². The topological polar surface area (TPSA) is 27.7 Å². The van der Waals surface area contributed by atoms with E-state index in [1.54, 1.807) is 7.11 Å². The molecule has 0 aromatic carbocycles. The average Bonchev–Trinajstić information content (AvgIpc) is 2.18. The Bertz CT molecular complexity index is 94.1. The summed E-state index contributed by atoms with van der Waals surface area (Å²) in [4.78, 5) is 0. The van der Waals surface area contributed by atoms with Gasteiger partial charge in [0.2, 0.25) is 0 Å². The third-order valence-corrected chi connectivity index (χ3v) is 3.27. The third-order valence-electron chi connectivity index (χ3n) is 1.85. The zero-order valence-electron chi connectivity index (χ0n) is 10.5. The van der Waals surface area contributed by atoms with Crippen molar-refractivity contribution < 1.29 is 11.4 Å². The number of hydrogen-bond acceptors (Lipinski definition) is 3. The van der Waals surface area contributed by atoms with Crippen LogP contribution in [0.3, 0.4) is 0 Å². The summed E-state index contributed by atoms with van der Waals surface area (Å²) in [5.41, 5.74) is 0. The van der Waals surface area contributed by atoms with Crippen molar-refractivity contribution in [1.82, 2.24) is 0 Å². The molecule has 2 unspecified atom stereocenters. The van der Waals surface area contributed by atoms with Gasteiger partial charge < -0.3 is 11.4 Å². The average molecular weight is 234 g/mol. The second-order valence-corrected chi connectivity index (χ2v) is 5.02. The maximum Gasteiger partial charge on any atom is 0.650 e. The Morgan fingerprint density at radius 1 is 1.07 bits per heavy atom. The van der Waals surface area contributed by atoms with E-state index in [1.807, 2.05) is 0 Å². The molecule has 14 heavy (non-hydrogen) atoms. The first-order chi connectivity index (χ1) is 6.62. The minimum Gasteiger partial charge on any atom is -0.508 e. The van der Waals surface area contributed by atoms with Crippen LogP contribution in [0.4, 0.5) is 0 Å². The van der Waals surface area contributed by atoms with Crippen molar-refractivity contribution in [2.75, 3.05) is 7.11 Å². The molecule has 0 aliphatic heterocycles. The van der Waals surface area contributed by atoms with E-state index < -0.39 is 15.9 Å². The number of rotatable bonds is 6. The fraction of sp³-hybridized carbons (Fsp3) is 1.00. The molecule has 2 atom stereocenters. The maximum absolute atomic E-state index is 5.48. The Morgan fingerprint density at radius 3 is 1.57 bits per heavy atom. The normalized spacial score (nSPS) is 13.8. The molecule has 3 nitrogen and oxygen atoms in total. The maximum atomic E-state index is 5.48. The molecule has 0 amide bonds. The van der Waals surface area contributed by atoms with Crippen LogP contribution in [0.15, 0.2) is 0 Å². The summed E-state index contributed by atoms with van der Waals surface area (Å²) in [5.74, 6) is 0. The van der Waals surface area contributed by atoms with Crippen LogP contribution in [0.1, 0.15) is 40.5 Å². The van der Waals surface area contributed by atoms with Crippen LogP contribution >= 0.6 is 0 Å². The highest BCUT2D eigenvalue weighted by atomic mass is 27.2. The van der Waals surface area contributed by atoms with Gasteiger partial charge in [-0.2, -0.15) is 0 Å². The zero-order chi connectivity index (χ0) is 11.4. The lowest BCUT2D eigenvalue weighted by molar-refractivity contribution is 0.131. The molecule has 0 fully saturated rings. The van der Waals surface area contributed by atoms with Crippen molar-refractivity contribution in [2.24, 2.45) is 0 Å². The lowest BCUT2D eigenvalue weighted by atomic mass is 10.3. The highest BCUT2D eigenvalue weighted by Crippen LogP contribution is 1.98. The first-order valence-electron chi connectivity index (χ1n) is 5.25. The molecule has 0 rings (SSSR count). The van der Waals surface area contributed by atoms with E-state index in [9.17, 15) is 0 Å². The van der Waals surface area contributed by atoms with Gasteiger partial charge in [0.1, 0.15) is 0 Å². The van der Waals surface area contributed by atoms with Crippen LogP contribution in [0, 0.1) is 0 Å². The van der Waals surface area contributed by atoms with E-state index in [4.69, 9.17) is 7.58 Å². The van der Waals surface area contributed by atoms with E-state index in [0.717, 1.165) is 29.5 Å². The van der Waals surface area contributed by atoms with E-state index in [0.29, 0.717) is 12.2 Å². The minimum absolute atomic E-state index is 0.380.